The lowest BCUT2D eigenvalue weighted by molar-refractivity contribution is -0.122. The van der Waals surface area contributed by atoms with E-state index in [1.165, 1.54) is 5.56 Å². The number of carbonyl (C=O) groups is 1. The molecule has 1 unspecified atom stereocenters. The lowest BCUT2D eigenvalue weighted by Crippen LogP contribution is -2.48. The number of pyridine rings is 1. The molecular formula is C20H24N2O2. The summed E-state index contributed by atoms with van der Waals surface area (Å²) in [6, 6.07) is 14.2. The normalized spacial score (nSPS) is 20.9. The zero-order chi connectivity index (χ0) is 16.8. The minimum atomic E-state index is -0.208. The first-order valence-electron chi connectivity index (χ1n) is 8.61. The predicted octanol–water partition coefficient (Wildman–Crippen LogP) is 2.51. The van der Waals surface area contributed by atoms with Crippen LogP contribution in [0.4, 0.5) is 0 Å². The molecule has 1 aromatic heterocycles. The molecule has 2 aromatic rings. The number of aryl methyl sites for hydroxylation is 1. The Morgan fingerprint density at radius 3 is 2.58 bits per heavy atom. The Kier molecular flexibility index (Phi) is 5.59. The van der Waals surface area contributed by atoms with Gasteiger partial charge in [0, 0.05) is 24.9 Å². The monoisotopic (exact) mass is 324 g/mol. The van der Waals surface area contributed by atoms with Crippen LogP contribution in [0.3, 0.4) is 0 Å². The van der Waals surface area contributed by atoms with Crippen molar-refractivity contribution in [3.8, 4) is 0 Å². The van der Waals surface area contributed by atoms with E-state index in [0.717, 1.165) is 24.8 Å². The fourth-order valence-electron chi connectivity index (χ4n) is 3.24. The van der Waals surface area contributed by atoms with Crippen LogP contribution in [0, 0.1) is 5.92 Å². The Bertz CT molecular complexity index is 639. The molecule has 1 aliphatic rings. The molecule has 0 aliphatic heterocycles. The molecule has 1 atom stereocenters. The summed E-state index contributed by atoms with van der Waals surface area (Å²) < 4.78 is 0. The summed E-state index contributed by atoms with van der Waals surface area (Å²) in [6.45, 7) is 0. The number of amides is 1. The maximum atomic E-state index is 12.3. The van der Waals surface area contributed by atoms with Crippen molar-refractivity contribution in [3.63, 3.8) is 0 Å². The van der Waals surface area contributed by atoms with Crippen LogP contribution in [0.25, 0.3) is 0 Å². The number of benzene rings is 1. The molecule has 1 heterocycles. The van der Waals surface area contributed by atoms with E-state index in [2.05, 4.69) is 22.4 Å². The Hall–Kier alpha value is -2.20. The molecule has 3 rings (SSSR count). The largest absolute Gasteiger partial charge is 0.393 e. The summed E-state index contributed by atoms with van der Waals surface area (Å²) in [4.78, 5) is 16.4. The van der Waals surface area contributed by atoms with Gasteiger partial charge in [-0.15, -0.1) is 0 Å². The van der Waals surface area contributed by atoms with Crippen molar-refractivity contribution in [2.24, 2.45) is 5.92 Å². The number of nitrogens with one attached hydrogen (secondary N) is 1. The quantitative estimate of drug-likeness (QED) is 0.822. The second kappa shape index (κ2) is 8.06. The first-order chi connectivity index (χ1) is 11.7. The molecule has 24 heavy (non-hydrogen) atoms. The van der Waals surface area contributed by atoms with E-state index in [1.54, 1.807) is 12.4 Å². The average molecular weight is 324 g/mol. The van der Waals surface area contributed by atoms with E-state index in [4.69, 9.17) is 0 Å². The third kappa shape index (κ3) is 4.65. The second-order valence-corrected chi connectivity index (χ2v) is 6.61. The molecule has 1 aliphatic carbocycles. The third-order valence-corrected chi connectivity index (χ3v) is 4.73. The molecule has 1 aromatic carbocycles. The highest BCUT2D eigenvalue weighted by molar-refractivity contribution is 5.76. The SMILES string of the molecule is O=C(CCc1cccnc1)NC(Cc1ccccc1)C1CC(O)C1. The predicted molar refractivity (Wildman–Crippen MR) is 93.4 cm³/mol. The van der Waals surface area contributed by atoms with Gasteiger partial charge in [-0.05, 0) is 48.8 Å². The Balaban J connectivity index is 1.55. The molecule has 0 saturated heterocycles. The number of hydrogen-bond donors (Lipinski definition) is 2. The van der Waals surface area contributed by atoms with Gasteiger partial charge in [0.05, 0.1) is 6.10 Å². The van der Waals surface area contributed by atoms with Gasteiger partial charge in [0.1, 0.15) is 0 Å². The van der Waals surface area contributed by atoms with E-state index in [1.807, 2.05) is 30.3 Å². The maximum absolute atomic E-state index is 12.3. The molecule has 2 N–H and O–H groups in total. The second-order valence-electron chi connectivity index (χ2n) is 6.61. The number of aromatic nitrogens is 1. The molecule has 0 spiro atoms. The van der Waals surface area contributed by atoms with Gasteiger partial charge < -0.3 is 10.4 Å². The van der Waals surface area contributed by atoms with Crippen molar-refractivity contribution in [3.05, 3.63) is 66.0 Å². The van der Waals surface area contributed by atoms with Crippen LogP contribution in [-0.4, -0.2) is 28.1 Å². The molecular weight excluding hydrogens is 300 g/mol. The van der Waals surface area contributed by atoms with E-state index in [0.29, 0.717) is 18.8 Å². The van der Waals surface area contributed by atoms with Crippen molar-refractivity contribution < 1.29 is 9.90 Å². The standard InChI is InChI=1S/C20H24N2O2/c23-18-12-17(13-18)19(11-15-5-2-1-3-6-15)22-20(24)9-8-16-7-4-10-21-14-16/h1-7,10,14,17-19,23H,8-9,11-13H2,(H,22,24). The molecule has 1 saturated carbocycles. The zero-order valence-corrected chi connectivity index (χ0v) is 13.8. The summed E-state index contributed by atoms with van der Waals surface area (Å²) in [5.41, 5.74) is 2.29. The topological polar surface area (TPSA) is 62.2 Å². The average Bonchev–Trinajstić information content (AvgIpc) is 2.58. The number of carbonyl (C=O) groups excluding carboxylic acids is 1. The minimum absolute atomic E-state index is 0.0705. The number of rotatable bonds is 7. The van der Waals surface area contributed by atoms with Crippen molar-refractivity contribution in [2.75, 3.05) is 0 Å². The van der Waals surface area contributed by atoms with E-state index in [9.17, 15) is 9.90 Å². The Morgan fingerprint density at radius 2 is 1.92 bits per heavy atom. The van der Waals surface area contributed by atoms with Gasteiger partial charge >= 0.3 is 0 Å². The van der Waals surface area contributed by atoms with Gasteiger partial charge in [-0.25, -0.2) is 0 Å². The summed E-state index contributed by atoms with van der Waals surface area (Å²) >= 11 is 0. The highest BCUT2D eigenvalue weighted by Gasteiger charge is 2.34. The molecule has 0 radical (unpaired) electrons. The lowest BCUT2D eigenvalue weighted by atomic mass is 9.75. The highest BCUT2D eigenvalue weighted by Crippen LogP contribution is 2.31. The number of aliphatic hydroxyl groups is 1. The zero-order valence-electron chi connectivity index (χ0n) is 13.8. The first kappa shape index (κ1) is 16.7. The molecule has 0 bridgehead atoms. The van der Waals surface area contributed by atoms with E-state index < -0.39 is 0 Å². The van der Waals surface area contributed by atoms with Crippen LogP contribution < -0.4 is 5.32 Å². The molecule has 4 heteroatoms. The van der Waals surface area contributed by atoms with Crippen LogP contribution in [0.1, 0.15) is 30.4 Å². The summed E-state index contributed by atoms with van der Waals surface area (Å²) in [6.07, 6.45) is 6.87. The number of nitrogens with zero attached hydrogens (tertiary/aromatic N) is 1. The highest BCUT2D eigenvalue weighted by atomic mass is 16.3. The summed E-state index contributed by atoms with van der Waals surface area (Å²) in [5, 5.41) is 12.8. The van der Waals surface area contributed by atoms with Gasteiger partial charge in [-0.1, -0.05) is 36.4 Å². The van der Waals surface area contributed by atoms with Crippen LogP contribution in [0.15, 0.2) is 54.9 Å². The minimum Gasteiger partial charge on any atom is -0.393 e. The Labute approximate surface area is 142 Å². The summed E-state index contributed by atoms with van der Waals surface area (Å²) in [5.74, 6) is 0.434. The molecule has 1 amide bonds. The van der Waals surface area contributed by atoms with E-state index in [-0.39, 0.29) is 18.1 Å². The van der Waals surface area contributed by atoms with Crippen LogP contribution >= 0.6 is 0 Å². The smallest absolute Gasteiger partial charge is 0.220 e. The van der Waals surface area contributed by atoms with Gasteiger partial charge in [0.25, 0.3) is 0 Å². The van der Waals surface area contributed by atoms with Crippen molar-refractivity contribution in [2.45, 2.75) is 44.2 Å². The van der Waals surface area contributed by atoms with Crippen molar-refractivity contribution in [1.29, 1.82) is 0 Å². The molecule has 126 valence electrons. The van der Waals surface area contributed by atoms with E-state index >= 15 is 0 Å². The lowest BCUT2D eigenvalue weighted by Gasteiger charge is -2.38. The van der Waals surface area contributed by atoms with Gasteiger partial charge in [0.2, 0.25) is 5.91 Å². The third-order valence-electron chi connectivity index (χ3n) is 4.73. The number of hydrogen-bond acceptors (Lipinski definition) is 3. The van der Waals surface area contributed by atoms with Crippen LogP contribution in [0.5, 0.6) is 0 Å². The van der Waals surface area contributed by atoms with Crippen molar-refractivity contribution in [1.82, 2.24) is 10.3 Å². The molecule has 4 nitrogen and oxygen atoms in total. The van der Waals surface area contributed by atoms with Gasteiger partial charge in [0.15, 0.2) is 0 Å². The van der Waals surface area contributed by atoms with Crippen molar-refractivity contribution >= 4 is 5.91 Å². The summed E-state index contributed by atoms with van der Waals surface area (Å²) in [7, 11) is 0. The van der Waals surface area contributed by atoms with Gasteiger partial charge in [-0.2, -0.15) is 0 Å². The Morgan fingerprint density at radius 1 is 1.17 bits per heavy atom. The maximum Gasteiger partial charge on any atom is 0.220 e. The molecule has 1 fully saturated rings. The fourth-order valence-corrected chi connectivity index (χ4v) is 3.24. The first-order valence-corrected chi connectivity index (χ1v) is 8.61. The van der Waals surface area contributed by atoms with Gasteiger partial charge in [-0.3, -0.25) is 9.78 Å². The van der Waals surface area contributed by atoms with Crippen LogP contribution in [0.2, 0.25) is 0 Å². The fraction of sp³-hybridized carbons (Fsp3) is 0.400. The number of aliphatic hydroxyl groups excluding tert-OH is 1. The van der Waals surface area contributed by atoms with Crippen LogP contribution in [-0.2, 0) is 17.6 Å².